The monoisotopic (exact) mass is 304 g/mol. The topological polar surface area (TPSA) is 75.3 Å². The molecule has 1 saturated heterocycles. The summed E-state index contributed by atoms with van der Waals surface area (Å²) < 4.78 is 48.2. The molecule has 0 atom stereocenters. The summed E-state index contributed by atoms with van der Waals surface area (Å²) in [7, 11) is -4.73. The highest BCUT2D eigenvalue weighted by Gasteiger charge is 2.29. The number of carbonyl (C=O) groups is 1. The Kier molecular flexibility index (Phi) is 4.34. The molecule has 0 spiro atoms. The van der Waals surface area contributed by atoms with Gasteiger partial charge in [-0.05, 0) is 31.1 Å². The lowest BCUT2D eigenvalue weighted by molar-refractivity contribution is -0.117. The molecule has 5 nitrogen and oxygen atoms in total. The number of amides is 1. The van der Waals surface area contributed by atoms with Gasteiger partial charge in [-0.3, -0.25) is 4.79 Å². The molecule has 2 N–H and O–H groups in total. The summed E-state index contributed by atoms with van der Waals surface area (Å²) in [4.78, 5) is 11.2. The second kappa shape index (κ2) is 5.84. The van der Waals surface area contributed by atoms with E-state index in [1.807, 2.05) is 0 Å². The van der Waals surface area contributed by atoms with Gasteiger partial charge >= 0.3 is 5.76 Å². The maximum absolute atomic E-state index is 12.6. The molecule has 1 amide bonds. The first-order chi connectivity index (χ1) is 9.41. The van der Waals surface area contributed by atoms with Crippen molar-refractivity contribution in [2.45, 2.75) is 17.1 Å². The Balaban J connectivity index is 2.17. The van der Waals surface area contributed by atoms with Gasteiger partial charge in [-0.25, -0.2) is 8.42 Å². The van der Waals surface area contributed by atoms with Crippen molar-refractivity contribution in [2.24, 2.45) is 5.92 Å². The average Bonchev–Trinajstić information content (AvgIpc) is 2.34. The minimum Gasteiger partial charge on any atom is -0.325 e. The largest absolute Gasteiger partial charge is 0.341 e. The van der Waals surface area contributed by atoms with Crippen LogP contribution in [0.3, 0.4) is 0 Å². The fraction of sp³-hybridized carbons (Fsp3) is 0.417. The van der Waals surface area contributed by atoms with Crippen LogP contribution in [0.1, 0.15) is 6.42 Å². The molecule has 0 bridgehead atoms. The van der Waals surface area contributed by atoms with Crippen LogP contribution in [-0.2, 0) is 14.6 Å². The van der Waals surface area contributed by atoms with Crippen LogP contribution in [0.25, 0.3) is 0 Å². The van der Waals surface area contributed by atoms with E-state index in [2.05, 4.69) is 10.6 Å². The molecular formula is C12H14F2N2O3S. The SMILES string of the molecule is O=C(CC1CNC1)Nc1ccccc1S(=O)(=O)C(F)F. The Morgan fingerprint density at radius 2 is 2.00 bits per heavy atom. The van der Waals surface area contributed by atoms with E-state index in [1.165, 1.54) is 18.2 Å². The van der Waals surface area contributed by atoms with Gasteiger partial charge in [-0.15, -0.1) is 0 Å². The number of anilines is 1. The number of halogens is 2. The van der Waals surface area contributed by atoms with Gasteiger partial charge in [0.15, 0.2) is 0 Å². The maximum atomic E-state index is 12.6. The molecule has 1 aliphatic heterocycles. The van der Waals surface area contributed by atoms with E-state index in [0.29, 0.717) is 0 Å². The minimum atomic E-state index is -4.73. The lowest BCUT2D eigenvalue weighted by Crippen LogP contribution is -2.43. The molecule has 1 aliphatic rings. The quantitative estimate of drug-likeness (QED) is 0.858. The number of sulfone groups is 1. The molecule has 8 heteroatoms. The van der Waals surface area contributed by atoms with E-state index < -0.39 is 20.5 Å². The van der Waals surface area contributed by atoms with Gasteiger partial charge in [0.05, 0.1) is 10.6 Å². The molecule has 0 aromatic heterocycles. The first-order valence-corrected chi connectivity index (χ1v) is 7.57. The number of benzene rings is 1. The molecule has 1 aromatic carbocycles. The van der Waals surface area contributed by atoms with Gasteiger partial charge in [0.1, 0.15) is 0 Å². The molecule has 1 aromatic rings. The van der Waals surface area contributed by atoms with E-state index >= 15 is 0 Å². The number of rotatable bonds is 5. The molecule has 20 heavy (non-hydrogen) atoms. The van der Waals surface area contributed by atoms with Gasteiger partial charge in [-0.1, -0.05) is 12.1 Å². The normalized spacial score (nSPS) is 15.9. The third-order valence-electron chi connectivity index (χ3n) is 3.04. The summed E-state index contributed by atoms with van der Waals surface area (Å²) in [5.74, 6) is -3.70. The van der Waals surface area contributed by atoms with E-state index in [-0.39, 0.29) is 23.9 Å². The standard InChI is InChI=1S/C12H14F2N2O3S/c13-12(14)20(18,19)10-4-2-1-3-9(10)16-11(17)5-8-6-15-7-8/h1-4,8,12,15H,5-7H2,(H,16,17). The second-order valence-electron chi connectivity index (χ2n) is 4.58. The minimum absolute atomic E-state index is 0.106. The summed E-state index contributed by atoms with van der Waals surface area (Å²) >= 11 is 0. The molecule has 0 unspecified atom stereocenters. The summed E-state index contributed by atoms with van der Waals surface area (Å²) in [5, 5.41) is 5.40. The van der Waals surface area contributed by atoms with E-state index in [0.717, 1.165) is 19.2 Å². The number of nitrogens with one attached hydrogen (secondary N) is 2. The Labute approximate surface area is 115 Å². The van der Waals surface area contributed by atoms with Crippen molar-refractivity contribution in [3.05, 3.63) is 24.3 Å². The zero-order valence-corrected chi connectivity index (χ0v) is 11.3. The number of hydrogen-bond donors (Lipinski definition) is 2. The fourth-order valence-electron chi connectivity index (χ4n) is 1.87. The van der Waals surface area contributed by atoms with Crippen LogP contribution in [-0.4, -0.2) is 33.2 Å². The van der Waals surface area contributed by atoms with Gasteiger partial charge < -0.3 is 10.6 Å². The number of para-hydroxylation sites is 1. The van der Waals surface area contributed by atoms with E-state index in [1.54, 1.807) is 0 Å². The van der Waals surface area contributed by atoms with Crippen LogP contribution in [0, 0.1) is 5.92 Å². The van der Waals surface area contributed by atoms with Crippen LogP contribution < -0.4 is 10.6 Å². The number of alkyl halides is 2. The third kappa shape index (κ3) is 3.13. The van der Waals surface area contributed by atoms with Crippen molar-refractivity contribution in [1.29, 1.82) is 0 Å². The average molecular weight is 304 g/mol. The lowest BCUT2D eigenvalue weighted by atomic mass is 9.99. The van der Waals surface area contributed by atoms with Gasteiger partial charge in [0.25, 0.3) is 0 Å². The number of hydrogen-bond acceptors (Lipinski definition) is 4. The van der Waals surface area contributed by atoms with Crippen molar-refractivity contribution < 1.29 is 22.0 Å². The number of carbonyl (C=O) groups excluding carboxylic acids is 1. The zero-order chi connectivity index (χ0) is 14.8. The highest BCUT2D eigenvalue weighted by atomic mass is 32.2. The van der Waals surface area contributed by atoms with Crippen LogP contribution >= 0.6 is 0 Å². The van der Waals surface area contributed by atoms with Crippen LogP contribution in [0.5, 0.6) is 0 Å². The molecule has 110 valence electrons. The van der Waals surface area contributed by atoms with Crippen molar-refractivity contribution in [1.82, 2.24) is 5.32 Å². The third-order valence-corrected chi connectivity index (χ3v) is 4.48. The van der Waals surface area contributed by atoms with Crippen molar-refractivity contribution in [3.8, 4) is 0 Å². The predicted molar refractivity (Wildman–Crippen MR) is 69.2 cm³/mol. The first-order valence-electron chi connectivity index (χ1n) is 6.03. The Morgan fingerprint density at radius 3 is 2.55 bits per heavy atom. The smallest absolute Gasteiger partial charge is 0.325 e. The molecule has 0 radical (unpaired) electrons. The zero-order valence-electron chi connectivity index (χ0n) is 10.5. The molecule has 1 fully saturated rings. The Morgan fingerprint density at radius 1 is 1.35 bits per heavy atom. The predicted octanol–water partition coefficient (Wildman–Crippen LogP) is 1.23. The van der Waals surface area contributed by atoms with Gasteiger partial charge in [-0.2, -0.15) is 8.78 Å². The lowest BCUT2D eigenvalue weighted by Gasteiger charge is -2.26. The van der Waals surface area contributed by atoms with Crippen molar-refractivity contribution >= 4 is 21.4 Å². The van der Waals surface area contributed by atoms with Crippen molar-refractivity contribution in [2.75, 3.05) is 18.4 Å². The Bertz CT molecular complexity index is 600. The molecule has 1 heterocycles. The van der Waals surface area contributed by atoms with E-state index in [9.17, 15) is 22.0 Å². The van der Waals surface area contributed by atoms with Crippen LogP contribution in [0.15, 0.2) is 29.2 Å². The fourth-order valence-corrected chi connectivity index (χ4v) is 2.76. The first kappa shape index (κ1) is 14.9. The molecule has 2 rings (SSSR count). The van der Waals surface area contributed by atoms with E-state index in [4.69, 9.17) is 0 Å². The van der Waals surface area contributed by atoms with Gasteiger partial charge in [0.2, 0.25) is 15.7 Å². The van der Waals surface area contributed by atoms with Crippen molar-refractivity contribution in [3.63, 3.8) is 0 Å². The Hall–Kier alpha value is -1.54. The maximum Gasteiger partial charge on any atom is 0.341 e. The second-order valence-corrected chi connectivity index (χ2v) is 6.46. The summed E-state index contributed by atoms with van der Waals surface area (Å²) in [6.45, 7) is 1.45. The van der Waals surface area contributed by atoms with Gasteiger partial charge in [0, 0.05) is 6.42 Å². The molecule has 0 saturated carbocycles. The highest BCUT2D eigenvalue weighted by Crippen LogP contribution is 2.26. The molecule has 0 aliphatic carbocycles. The highest BCUT2D eigenvalue weighted by molar-refractivity contribution is 7.91. The molecular weight excluding hydrogens is 290 g/mol. The summed E-state index contributed by atoms with van der Waals surface area (Å²) in [5.41, 5.74) is -0.106. The van der Waals surface area contributed by atoms with Crippen LogP contribution in [0.2, 0.25) is 0 Å². The summed E-state index contributed by atoms with van der Waals surface area (Å²) in [6.07, 6.45) is 0.232. The van der Waals surface area contributed by atoms with Crippen LogP contribution in [0.4, 0.5) is 14.5 Å². The summed E-state index contributed by atoms with van der Waals surface area (Å²) in [6, 6.07) is 5.17.